The van der Waals surface area contributed by atoms with Gasteiger partial charge in [-0.15, -0.1) is 0 Å². The van der Waals surface area contributed by atoms with E-state index in [4.69, 9.17) is 22.1 Å². The van der Waals surface area contributed by atoms with Crippen molar-refractivity contribution in [1.29, 1.82) is 0 Å². The van der Waals surface area contributed by atoms with Crippen molar-refractivity contribution in [2.45, 2.75) is 6.61 Å². The quantitative estimate of drug-likeness (QED) is 0.791. The van der Waals surface area contributed by atoms with Crippen molar-refractivity contribution in [3.63, 3.8) is 0 Å². The van der Waals surface area contributed by atoms with E-state index in [1.54, 1.807) is 6.07 Å². The molecule has 2 N–H and O–H groups in total. The van der Waals surface area contributed by atoms with E-state index in [0.717, 1.165) is 0 Å². The van der Waals surface area contributed by atoms with Gasteiger partial charge in [0.05, 0.1) is 30.1 Å². The Morgan fingerprint density at radius 1 is 1.60 bits per heavy atom. The first kappa shape index (κ1) is 11.7. The minimum atomic E-state index is -0.621. The third-order valence-electron chi connectivity index (χ3n) is 1.71. The van der Waals surface area contributed by atoms with Gasteiger partial charge in [0, 0.05) is 7.11 Å². The number of esters is 1. The molecule has 0 fully saturated rings. The van der Waals surface area contributed by atoms with Crippen LogP contribution in [0.15, 0.2) is 6.07 Å². The van der Waals surface area contributed by atoms with Gasteiger partial charge in [0.1, 0.15) is 0 Å². The average Bonchev–Trinajstić information content (AvgIpc) is 2.22. The first-order valence-electron chi connectivity index (χ1n) is 4.12. The number of ether oxygens (including phenoxy) is 2. The molecule has 5 nitrogen and oxygen atoms in total. The van der Waals surface area contributed by atoms with E-state index in [9.17, 15) is 4.79 Å². The molecule has 0 aliphatic rings. The molecule has 0 saturated heterocycles. The molecule has 0 aliphatic heterocycles. The number of carbonyl (C=O) groups is 1. The summed E-state index contributed by atoms with van der Waals surface area (Å²) in [5, 5.41) is 0.0988. The van der Waals surface area contributed by atoms with Crippen LogP contribution >= 0.6 is 11.6 Å². The van der Waals surface area contributed by atoms with Crippen LogP contribution in [0.5, 0.6) is 0 Å². The zero-order valence-corrected chi connectivity index (χ0v) is 9.17. The number of rotatable bonds is 3. The minimum absolute atomic E-state index is 0.00576. The number of aromatic nitrogens is 1. The van der Waals surface area contributed by atoms with Gasteiger partial charge in [-0.1, -0.05) is 11.6 Å². The Morgan fingerprint density at radius 3 is 2.80 bits per heavy atom. The lowest BCUT2D eigenvalue weighted by Gasteiger charge is -2.07. The lowest BCUT2D eigenvalue weighted by molar-refractivity contribution is 0.0593. The van der Waals surface area contributed by atoms with Crippen LogP contribution in [-0.2, 0) is 16.1 Å². The van der Waals surface area contributed by atoms with Gasteiger partial charge in [-0.25, -0.2) is 9.78 Å². The molecule has 82 valence electrons. The third-order valence-corrected chi connectivity index (χ3v) is 2.11. The van der Waals surface area contributed by atoms with Crippen molar-refractivity contribution in [3.05, 3.63) is 22.5 Å². The number of pyridine rings is 1. The summed E-state index contributed by atoms with van der Waals surface area (Å²) < 4.78 is 9.40. The highest BCUT2D eigenvalue weighted by Crippen LogP contribution is 2.23. The Morgan fingerprint density at radius 2 is 2.27 bits per heavy atom. The van der Waals surface area contributed by atoms with Crippen molar-refractivity contribution in [3.8, 4) is 0 Å². The van der Waals surface area contributed by atoms with Gasteiger partial charge in [0.2, 0.25) is 0 Å². The average molecular weight is 231 g/mol. The van der Waals surface area contributed by atoms with Crippen molar-refractivity contribution < 1.29 is 14.3 Å². The fourth-order valence-corrected chi connectivity index (χ4v) is 1.23. The summed E-state index contributed by atoms with van der Waals surface area (Å²) >= 11 is 5.81. The standard InChI is InChI=1S/C9H11ClN2O3/c1-14-4-5-3-6(11)7(10)8(12-5)9(13)15-2/h3H,4H2,1-2H3,(H2,11,12). The van der Waals surface area contributed by atoms with Crippen LogP contribution in [0, 0.1) is 0 Å². The fraction of sp³-hybridized carbons (Fsp3) is 0.333. The van der Waals surface area contributed by atoms with Gasteiger partial charge in [-0.2, -0.15) is 0 Å². The fourth-order valence-electron chi connectivity index (χ4n) is 1.06. The zero-order chi connectivity index (χ0) is 11.4. The predicted molar refractivity (Wildman–Crippen MR) is 55.7 cm³/mol. The van der Waals surface area contributed by atoms with Crippen LogP contribution in [0.3, 0.4) is 0 Å². The Labute approximate surface area is 92.1 Å². The molecule has 0 saturated carbocycles. The van der Waals surface area contributed by atoms with E-state index in [1.807, 2.05) is 0 Å². The molecule has 1 rings (SSSR count). The minimum Gasteiger partial charge on any atom is -0.464 e. The third kappa shape index (κ3) is 2.57. The van der Waals surface area contributed by atoms with Gasteiger partial charge in [-0.3, -0.25) is 0 Å². The van der Waals surface area contributed by atoms with Crippen molar-refractivity contribution in [2.24, 2.45) is 0 Å². The van der Waals surface area contributed by atoms with E-state index in [0.29, 0.717) is 5.69 Å². The second kappa shape index (κ2) is 4.95. The summed E-state index contributed by atoms with van der Waals surface area (Å²) in [6, 6.07) is 1.55. The first-order valence-corrected chi connectivity index (χ1v) is 4.50. The van der Waals surface area contributed by atoms with Gasteiger partial charge in [0.25, 0.3) is 0 Å². The summed E-state index contributed by atoms with van der Waals surface area (Å²) in [7, 11) is 2.77. The molecule has 15 heavy (non-hydrogen) atoms. The maximum absolute atomic E-state index is 11.3. The Hall–Kier alpha value is -1.33. The summed E-state index contributed by atoms with van der Waals surface area (Å²) in [5.74, 6) is -0.621. The van der Waals surface area contributed by atoms with Crippen molar-refractivity contribution in [2.75, 3.05) is 20.0 Å². The molecule has 0 atom stereocenters. The predicted octanol–water partition coefficient (Wildman–Crippen LogP) is 1.25. The largest absolute Gasteiger partial charge is 0.464 e. The van der Waals surface area contributed by atoms with Gasteiger partial charge in [-0.05, 0) is 6.07 Å². The highest BCUT2D eigenvalue weighted by atomic mass is 35.5. The summed E-state index contributed by atoms with van der Waals surface area (Å²) in [5.41, 5.74) is 6.42. The summed E-state index contributed by atoms with van der Waals surface area (Å²) in [4.78, 5) is 15.3. The number of halogens is 1. The molecule has 0 aliphatic carbocycles. The van der Waals surface area contributed by atoms with Gasteiger partial charge < -0.3 is 15.2 Å². The molecule has 0 aromatic carbocycles. The summed E-state index contributed by atoms with van der Waals surface area (Å²) in [6.07, 6.45) is 0. The van der Waals surface area contributed by atoms with Gasteiger partial charge in [0.15, 0.2) is 5.69 Å². The van der Waals surface area contributed by atoms with Crippen LogP contribution in [0.25, 0.3) is 0 Å². The lowest BCUT2D eigenvalue weighted by Crippen LogP contribution is -2.09. The maximum atomic E-state index is 11.3. The molecule has 1 aromatic heterocycles. The Balaban J connectivity index is 3.18. The number of hydrogen-bond donors (Lipinski definition) is 1. The highest BCUT2D eigenvalue weighted by molar-refractivity contribution is 6.35. The monoisotopic (exact) mass is 230 g/mol. The van der Waals surface area contributed by atoms with E-state index in [2.05, 4.69) is 9.72 Å². The molecule has 0 bridgehead atoms. The van der Waals surface area contributed by atoms with Crippen molar-refractivity contribution >= 4 is 23.3 Å². The van der Waals surface area contributed by atoms with Crippen LogP contribution < -0.4 is 5.73 Å². The molecule has 1 heterocycles. The second-order valence-electron chi connectivity index (χ2n) is 2.79. The molecular formula is C9H11ClN2O3. The SMILES string of the molecule is COCc1cc(N)c(Cl)c(C(=O)OC)n1. The molecule has 0 spiro atoms. The zero-order valence-electron chi connectivity index (χ0n) is 8.41. The maximum Gasteiger partial charge on any atom is 0.358 e. The topological polar surface area (TPSA) is 74.4 Å². The first-order chi connectivity index (χ1) is 7.10. The number of anilines is 1. The smallest absolute Gasteiger partial charge is 0.358 e. The van der Waals surface area contributed by atoms with Crippen LogP contribution in [0.4, 0.5) is 5.69 Å². The van der Waals surface area contributed by atoms with Crippen LogP contribution in [0.2, 0.25) is 5.02 Å². The second-order valence-corrected chi connectivity index (χ2v) is 3.17. The molecular weight excluding hydrogens is 220 g/mol. The molecule has 0 amide bonds. The number of carbonyl (C=O) groups excluding carboxylic acids is 1. The molecule has 0 unspecified atom stereocenters. The van der Waals surface area contributed by atoms with Crippen LogP contribution in [-0.4, -0.2) is 25.2 Å². The van der Waals surface area contributed by atoms with E-state index < -0.39 is 5.97 Å². The van der Waals surface area contributed by atoms with E-state index in [-0.39, 0.29) is 23.0 Å². The normalized spacial score (nSPS) is 10.1. The van der Waals surface area contributed by atoms with E-state index in [1.165, 1.54) is 14.2 Å². The van der Waals surface area contributed by atoms with Gasteiger partial charge >= 0.3 is 5.97 Å². The number of nitrogens with two attached hydrogens (primary N) is 1. The molecule has 1 aromatic rings. The highest BCUT2D eigenvalue weighted by Gasteiger charge is 2.16. The summed E-state index contributed by atoms with van der Waals surface area (Å²) in [6.45, 7) is 0.255. The molecule has 0 radical (unpaired) electrons. The van der Waals surface area contributed by atoms with E-state index >= 15 is 0 Å². The number of hydrogen-bond acceptors (Lipinski definition) is 5. The Kier molecular flexibility index (Phi) is 3.88. The number of nitrogen functional groups attached to an aromatic ring is 1. The number of nitrogens with zero attached hydrogens (tertiary/aromatic N) is 1. The lowest BCUT2D eigenvalue weighted by atomic mass is 10.2. The molecule has 6 heteroatoms. The number of methoxy groups -OCH3 is 2. The van der Waals surface area contributed by atoms with Crippen molar-refractivity contribution in [1.82, 2.24) is 4.98 Å². The Bertz CT molecular complexity index is 382. The van der Waals surface area contributed by atoms with Crippen LogP contribution in [0.1, 0.15) is 16.2 Å².